The van der Waals surface area contributed by atoms with Crippen molar-refractivity contribution in [2.24, 2.45) is 5.92 Å². The number of hydrogen-bond donors (Lipinski definition) is 2. The molecule has 0 saturated carbocycles. The van der Waals surface area contributed by atoms with E-state index in [0.717, 1.165) is 0 Å². The summed E-state index contributed by atoms with van der Waals surface area (Å²) in [6.07, 6.45) is 0. The van der Waals surface area contributed by atoms with E-state index in [2.05, 4.69) is 5.32 Å². The highest BCUT2D eigenvalue weighted by atomic mass is 35.5. The van der Waals surface area contributed by atoms with Gasteiger partial charge in [-0.15, -0.1) is 0 Å². The number of amides is 2. The third-order valence-corrected chi connectivity index (χ3v) is 4.26. The van der Waals surface area contributed by atoms with Gasteiger partial charge in [0.2, 0.25) is 5.91 Å². The zero-order chi connectivity index (χ0) is 17.3. The molecule has 1 heterocycles. The summed E-state index contributed by atoms with van der Waals surface area (Å²) in [4.78, 5) is 37.4. The number of carbonyl (C=O) groups excluding carboxylic acids is 2. The Morgan fingerprint density at radius 3 is 2.48 bits per heavy atom. The molecule has 0 fully saturated rings. The third kappa shape index (κ3) is 3.32. The second-order valence-corrected chi connectivity index (χ2v) is 6.36. The van der Waals surface area contributed by atoms with Gasteiger partial charge in [0.1, 0.15) is 12.1 Å². The molecule has 0 aromatic heterocycles. The van der Waals surface area contributed by atoms with Crippen molar-refractivity contribution in [1.82, 2.24) is 10.2 Å². The Kier molecular flexibility index (Phi) is 4.94. The van der Waals surface area contributed by atoms with E-state index in [9.17, 15) is 14.4 Å². The minimum absolute atomic E-state index is 0.173. The molecular weight excluding hydrogens is 320 g/mol. The van der Waals surface area contributed by atoms with Gasteiger partial charge in [-0.25, -0.2) is 0 Å². The lowest BCUT2D eigenvalue weighted by atomic mass is 10.0. The normalized spacial score (nSPS) is 16.2. The highest BCUT2D eigenvalue weighted by Gasteiger charge is 2.39. The van der Waals surface area contributed by atoms with Crippen LogP contribution in [0.25, 0.3) is 0 Å². The molecule has 2 rings (SSSR count). The Balaban J connectivity index is 2.27. The molecule has 7 heteroatoms. The minimum atomic E-state index is -1.13. The highest BCUT2D eigenvalue weighted by molar-refractivity contribution is 6.32. The maximum absolute atomic E-state index is 12.6. The van der Waals surface area contributed by atoms with Crippen LogP contribution < -0.4 is 5.32 Å². The average molecular weight is 339 g/mol. The van der Waals surface area contributed by atoms with E-state index < -0.39 is 24.0 Å². The Bertz CT molecular complexity index is 659. The number of fused-ring (bicyclic) bond motifs is 1. The van der Waals surface area contributed by atoms with Gasteiger partial charge in [-0.3, -0.25) is 14.4 Å². The molecule has 6 nitrogen and oxygen atoms in total. The van der Waals surface area contributed by atoms with Crippen LogP contribution in [0, 0.1) is 5.92 Å². The van der Waals surface area contributed by atoms with Crippen LogP contribution in [0.4, 0.5) is 0 Å². The second-order valence-electron chi connectivity index (χ2n) is 5.96. The minimum Gasteiger partial charge on any atom is -0.480 e. The largest absolute Gasteiger partial charge is 0.480 e. The van der Waals surface area contributed by atoms with E-state index in [1.807, 2.05) is 13.8 Å². The molecular formula is C16H19ClN2O4. The van der Waals surface area contributed by atoms with Gasteiger partial charge in [-0.05, 0) is 25.0 Å². The molecule has 1 aliphatic rings. The summed E-state index contributed by atoms with van der Waals surface area (Å²) in [6, 6.07) is 3.30. The van der Waals surface area contributed by atoms with Crippen LogP contribution in [0.3, 0.4) is 0 Å². The van der Waals surface area contributed by atoms with E-state index in [1.54, 1.807) is 18.2 Å². The fraction of sp³-hybridized carbons (Fsp3) is 0.438. The Morgan fingerprint density at radius 1 is 1.30 bits per heavy atom. The molecule has 124 valence electrons. The molecule has 0 saturated heterocycles. The van der Waals surface area contributed by atoms with E-state index in [1.165, 1.54) is 11.8 Å². The van der Waals surface area contributed by atoms with Crippen LogP contribution in [0.5, 0.6) is 0 Å². The van der Waals surface area contributed by atoms with E-state index in [0.29, 0.717) is 16.1 Å². The number of carboxylic acid groups (broad SMARTS) is 1. The maximum Gasteiger partial charge on any atom is 0.325 e. The predicted octanol–water partition coefficient (Wildman–Crippen LogP) is 1.91. The Labute approximate surface area is 139 Å². The number of nitrogens with zero attached hydrogens (tertiary/aromatic N) is 1. The van der Waals surface area contributed by atoms with Gasteiger partial charge < -0.3 is 15.3 Å². The van der Waals surface area contributed by atoms with Crippen LogP contribution >= 0.6 is 11.6 Å². The molecule has 2 N–H and O–H groups in total. The van der Waals surface area contributed by atoms with Crippen LogP contribution in [0.1, 0.15) is 36.7 Å². The first-order valence-electron chi connectivity index (χ1n) is 7.35. The lowest BCUT2D eigenvalue weighted by Gasteiger charge is -2.30. The van der Waals surface area contributed by atoms with Crippen LogP contribution in [0.2, 0.25) is 5.02 Å². The Morgan fingerprint density at radius 2 is 1.96 bits per heavy atom. The number of carbonyl (C=O) groups is 3. The summed E-state index contributed by atoms with van der Waals surface area (Å²) in [5.74, 6) is -2.04. The molecule has 0 radical (unpaired) electrons. The second kappa shape index (κ2) is 6.58. The van der Waals surface area contributed by atoms with Crippen molar-refractivity contribution >= 4 is 29.4 Å². The van der Waals surface area contributed by atoms with Crippen molar-refractivity contribution in [2.75, 3.05) is 0 Å². The van der Waals surface area contributed by atoms with Crippen LogP contribution in [0.15, 0.2) is 18.2 Å². The number of benzene rings is 1. The van der Waals surface area contributed by atoms with Crippen molar-refractivity contribution in [3.05, 3.63) is 34.3 Å². The third-order valence-electron chi connectivity index (χ3n) is 3.90. The zero-order valence-electron chi connectivity index (χ0n) is 13.2. The summed E-state index contributed by atoms with van der Waals surface area (Å²) in [5.41, 5.74) is 1.19. The molecule has 1 aromatic rings. The molecule has 23 heavy (non-hydrogen) atoms. The van der Waals surface area contributed by atoms with E-state index in [4.69, 9.17) is 16.7 Å². The van der Waals surface area contributed by atoms with Crippen LogP contribution in [-0.2, 0) is 16.1 Å². The van der Waals surface area contributed by atoms with Gasteiger partial charge in [0.05, 0.1) is 0 Å². The number of nitrogens with one attached hydrogen (secondary N) is 1. The highest BCUT2D eigenvalue weighted by Crippen LogP contribution is 2.31. The van der Waals surface area contributed by atoms with Crippen molar-refractivity contribution in [1.29, 1.82) is 0 Å². The molecule has 1 aliphatic heterocycles. The van der Waals surface area contributed by atoms with Gasteiger partial charge in [-0.2, -0.15) is 0 Å². The number of carboxylic acids is 1. The SMILES string of the molecule is CC(C)[C@@H](C(=O)N[C@@H](C)C(=O)O)N1Cc2c(Cl)cccc2C1=O. The molecule has 0 spiro atoms. The smallest absolute Gasteiger partial charge is 0.325 e. The van der Waals surface area contributed by atoms with E-state index in [-0.39, 0.29) is 18.4 Å². The summed E-state index contributed by atoms with van der Waals surface area (Å²) in [7, 11) is 0. The fourth-order valence-electron chi connectivity index (χ4n) is 2.71. The number of rotatable bonds is 5. The van der Waals surface area contributed by atoms with E-state index >= 15 is 0 Å². The Hall–Kier alpha value is -2.08. The topological polar surface area (TPSA) is 86.7 Å². The number of aliphatic carboxylic acids is 1. The molecule has 0 aliphatic carbocycles. The average Bonchev–Trinajstić information content (AvgIpc) is 2.78. The van der Waals surface area contributed by atoms with Crippen molar-refractivity contribution in [2.45, 2.75) is 39.4 Å². The predicted molar refractivity (Wildman–Crippen MR) is 85.2 cm³/mol. The molecule has 0 unspecified atom stereocenters. The van der Waals surface area contributed by atoms with Crippen molar-refractivity contribution in [3.8, 4) is 0 Å². The maximum atomic E-state index is 12.6. The zero-order valence-corrected chi connectivity index (χ0v) is 13.9. The van der Waals surface area contributed by atoms with Gasteiger partial charge in [0.25, 0.3) is 5.91 Å². The quantitative estimate of drug-likeness (QED) is 0.858. The summed E-state index contributed by atoms with van der Waals surface area (Å²) >= 11 is 6.13. The fourth-order valence-corrected chi connectivity index (χ4v) is 2.94. The lowest BCUT2D eigenvalue weighted by Crippen LogP contribution is -2.53. The van der Waals surface area contributed by atoms with Crippen molar-refractivity contribution < 1.29 is 19.5 Å². The first-order valence-corrected chi connectivity index (χ1v) is 7.73. The standard InChI is InChI=1S/C16H19ClN2O4/c1-8(2)13(14(20)18-9(3)16(22)23)19-7-11-10(15(19)21)5-4-6-12(11)17/h4-6,8-9,13H,7H2,1-3H3,(H,18,20)(H,22,23)/t9-,13-/m0/s1. The van der Waals surface area contributed by atoms with Crippen molar-refractivity contribution in [3.63, 3.8) is 0 Å². The monoisotopic (exact) mass is 338 g/mol. The number of hydrogen-bond acceptors (Lipinski definition) is 3. The first kappa shape index (κ1) is 17.3. The summed E-state index contributed by atoms with van der Waals surface area (Å²) in [6.45, 7) is 5.25. The summed E-state index contributed by atoms with van der Waals surface area (Å²) < 4.78 is 0. The van der Waals surface area contributed by atoms with Gasteiger partial charge >= 0.3 is 5.97 Å². The number of halogens is 1. The van der Waals surface area contributed by atoms with Gasteiger partial charge in [0.15, 0.2) is 0 Å². The molecule has 2 amide bonds. The van der Waals surface area contributed by atoms with Gasteiger partial charge in [-0.1, -0.05) is 31.5 Å². The molecule has 1 aromatic carbocycles. The van der Waals surface area contributed by atoms with Gasteiger partial charge in [0, 0.05) is 22.7 Å². The lowest BCUT2D eigenvalue weighted by molar-refractivity contribution is -0.142. The molecule has 2 atom stereocenters. The van der Waals surface area contributed by atoms with Crippen LogP contribution in [-0.4, -0.2) is 39.9 Å². The first-order chi connectivity index (χ1) is 10.7. The summed E-state index contributed by atoms with van der Waals surface area (Å²) in [5, 5.41) is 11.9. The molecule has 0 bridgehead atoms.